The van der Waals surface area contributed by atoms with Crippen LogP contribution in [0.15, 0.2) is 0 Å². The van der Waals surface area contributed by atoms with E-state index in [2.05, 4.69) is 10.6 Å². The molecule has 0 aromatic heterocycles. The monoisotopic (exact) mass is 266 g/mol. The molecule has 0 atom stereocenters. The van der Waals surface area contributed by atoms with Crippen LogP contribution in [-0.2, 0) is 10.0 Å². The summed E-state index contributed by atoms with van der Waals surface area (Å²) in [6.45, 7) is 5.26. The fourth-order valence-electron chi connectivity index (χ4n) is 0.891. The quantitative estimate of drug-likeness (QED) is 0.602. The van der Waals surface area contributed by atoms with Crippen molar-refractivity contribution < 1.29 is 18.0 Å². The Morgan fingerprint density at radius 3 is 2.00 bits per heavy atom. The molecule has 0 fully saturated rings. The summed E-state index contributed by atoms with van der Waals surface area (Å²) in [6, 6.07) is -1.64. The number of carbonyl (C=O) groups is 2. The van der Waals surface area contributed by atoms with Crippen molar-refractivity contribution in [3.05, 3.63) is 0 Å². The zero-order valence-electron chi connectivity index (χ0n) is 10.1. The lowest BCUT2D eigenvalue weighted by Crippen LogP contribution is -2.56. The van der Waals surface area contributed by atoms with E-state index in [1.165, 1.54) is 6.92 Å². The van der Waals surface area contributed by atoms with Crippen molar-refractivity contribution in [2.24, 2.45) is 0 Å². The van der Waals surface area contributed by atoms with E-state index in [1.54, 1.807) is 13.8 Å². The minimum Gasteiger partial charge on any atom is -0.337 e. The molecule has 0 unspecified atom stereocenters. The molecular weight excluding hydrogens is 248 g/mol. The zero-order chi connectivity index (χ0) is 13.5. The normalized spacial score (nSPS) is 10.5. The molecule has 100 valence electrons. The molecule has 17 heavy (non-hydrogen) atoms. The van der Waals surface area contributed by atoms with Gasteiger partial charge in [-0.2, -0.15) is 0 Å². The first kappa shape index (κ1) is 15.5. The largest absolute Gasteiger partial charge is 0.350 e. The Hall–Kier alpha value is -1.51. The third-order valence-corrected chi connectivity index (χ3v) is 3.24. The van der Waals surface area contributed by atoms with Crippen LogP contribution < -0.4 is 16.1 Å². The molecule has 3 N–H and O–H groups in total. The van der Waals surface area contributed by atoms with Crippen molar-refractivity contribution in [2.75, 3.05) is 18.8 Å². The Labute approximate surface area is 101 Å². The molecule has 0 saturated carbocycles. The topological polar surface area (TPSA) is 108 Å². The molecule has 0 aromatic carbocycles. The van der Waals surface area contributed by atoms with E-state index in [0.29, 0.717) is 11.0 Å². The van der Waals surface area contributed by atoms with Gasteiger partial charge in [0.05, 0.1) is 5.75 Å². The van der Waals surface area contributed by atoms with E-state index >= 15 is 0 Å². The molecule has 0 rings (SSSR count). The molecule has 9 heteroatoms. The van der Waals surface area contributed by atoms with Crippen molar-refractivity contribution in [1.82, 2.24) is 20.5 Å². The first-order chi connectivity index (χ1) is 7.88. The smallest absolute Gasteiger partial charge is 0.337 e. The molecule has 0 aromatic rings. The van der Waals surface area contributed by atoms with E-state index in [4.69, 9.17) is 0 Å². The van der Waals surface area contributed by atoms with Gasteiger partial charge < -0.3 is 10.6 Å². The Kier molecular flexibility index (Phi) is 6.33. The number of nitrogens with one attached hydrogen (secondary N) is 3. The van der Waals surface area contributed by atoms with Crippen LogP contribution in [0.4, 0.5) is 9.59 Å². The average molecular weight is 266 g/mol. The molecule has 0 spiro atoms. The van der Waals surface area contributed by atoms with Crippen LogP contribution in [0.25, 0.3) is 0 Å². The van der Waals surface area contributed by atoms with Crippen molar-refractivity contribution in [3.63, 3.8) is 0 Å². The van der Waals surface area contributed by atoms with Crippen molar-refractivity contribution in [2.45, 2.75) is 20.8 Å². The van der Waals surface area contributed by atoms with Crippen LogP contribution in [0.3, 0.4) is 0 Å². The lowest BCUT2D eigenvalue weighted by atomic mass is 10.7. The minimum absolute atomic E-state index is 0.256. The van der Waals surface area contributed by atoms with E-state index in [0.717, 1.165) is 0 Å². The number of nitrogens with zero attached hydrogens (tertiary/aromatic N) is 1. The number of hydrazine groups is 1. The predicted molar refractivity (Wildman–Crippen MR) is 62.6 cm³/mol. The molecule has 0 saturated heterocycles. The van der Waals surface area contributed by atoms with Crippen LogP contribution in [0, 0.1) is 0 Å². The van der Waals surface area contributed by atoms with Crippen molar-refractivity contribution in [1.29, 1.82) is 0 Å². The lowest BCUT2D eigenvalue weighted by Gasteiger charge is -2.22. The second-order valence-electron chi connectivity index (χ2n) is 2.97. The minimum atomic E-state index is -3.85. The Bertz CT molecular complexity index is 368. The number of amides is 4. The van der Waals surface area contributed by atoms with Gasteiger partial charge in [-0.15, -0.1) is 4.41 Å². The average Bonchev–Trinajstić information content (AvgIpc) is 2.26. The summed E-state index contributed by atoms with van der Waals surface area (Å²) >= 11 is 0. The summed E-state index contributed by atoms with van der Waals surface area (Å²) in [5, 5.41) is 4.63. The van der Waals surface area contributed by atoms with Gasteiger partial charge >= 0.3 is 12.1 Å². The third-order valence-electron chi connectivity index (χ3n) is 1.70. The fourth-order valence-corrected chi connectivity index (χ4v) is 1.69. The summed E-state index contributed by atoms with van der Waals surface area (Å²) < 4.78 is 23.5. The number of urea groups is 2. The third kappa shape index (κ3) is 4.89. The SMILES string of the molecule is CCNC(=O)NN(C(=O)NCC)S(=O)(=O)CC. The highest BCUT2D eigenvalue weighted by Crippen LogP contribution is 1.98. The maximum Gasteiger partial charge on any atom is 0.350 e. The Morgan fingerprint density at radius 2 is 1.59 bits per heavy atom. The lowest BCUT2D eigenvalue weighted by molar-refractivity contribution is 0.200. The van der Waals surface area contributed by atoms with Gasteiger partial charge in [0.2, 0.25) is 0 Å². The van der Waals surface area contributed by atoms with Gasteiger partial charge in [0.1, 0.15) is 0 Å². The van der Waals surface area contributed by atoms with E-state index in [1.807, 2.05) is 5.43 Å². The molecule has 0 bridgehead atoms. The van der Waals surface area contributed by atoms with E-state index in [9.17, 15) is 18.0 Å². The highest BCUT2D eigenvalue weighted by molar-refractivity contribution is 7.89. The highest BCUT2D eigenvalue weighted by atomic mass is 32.2. The second-order valence-corrected chi connectivity index (χ2v) is 5.08. The predicted octanol–water partition coefficient (Wildman–Crippen LogP) is -0.398. The van der Waals surface area contributed by atoms with Crippen LogP contribution in [0.1, 0.15) is 20.8 Å². The molecule has 0 aliphatic heterocycles. The van der Waals surface area contributed by atoms with Gasteiger partial charge in [-0.25, -0.2) is 23.4 Å². The van der Waals surface area contributed by atoms with E-state index in [-0.39, 0.29) is 12.3 Å². The molecule has 8 nitrogen and oxygen atoms in total. The summed E-state index contributed by atoms with van der Waals surface area (Å²) in [6.07, 6.45) is 0. The number of hydrogen-bond donors (Lipinski definition) is 3. The Balaban J connectivity index is 4.87. The summed E-state index contributed by atoms with van der Waals surface area (Å²) in [4.78, 5) is 22.7. The summed E-state index contributed by atoms with van der Waals surface area (Å²) in [7, 11) is -3.85. The van der Waals surface area contributed by atoms with Crippen LogP contribution >= 0.6 is 0 Å². The van der Waals surface area contributed by atoms with Gasteiger partial charge in [0.25, 0.3) is 10.0 Å². The highest BCUT2D eigenvalue weighted by Gasteiger charge is 2.27. The molecule has 0 aliphatic carbocycles. The first-order valence-corrected chi connectivity index (χ1v) is 6.85. The van der Waals surface area contributed by atoms with Gasteiger partial charge in [-0.3, -0.25) is 0 Å². The summed E-state index contributed by atoms with van der Waals surface area (Å²) in [5.41, 5.74) is 1.98. The second kappa shape index (κ2) is 6.94. The van der Waals surface area contributed by atoms with Crippen molar-refractivity contribution in [3.8, 4) is 0 Å². The van der Waals surface area contributed by atoms with E-state index < -0.39 is 22.1 Å². The van der Waals surface area contributed by atoms with Crippen LogP contribution in [0.2, 0.25) is 0 Å². The number of rotatable bonds is 4. The standard InChI is InChI=1S/C8H18N4O4S/c1-4-9-7(13)11-12(8(14)10-5-2)17(15,16)6-3/h4-6H2,1-3H3,(H,10,14)(H2,9,11,13). The van der Waals surface area contributed by atoms with Gasteiger partial charge in [0, 0.05) is 13.1 Å². The maximum atomic E-state index is 11.6. The number of carbonyl (C=O) groups excluding carboxylic acids is 2. The maximum absolute atomic E-state index is 11.6. The molecule has 0 heterocycles. The molecular formula is C8H18N4O4S. The summed E-state index contributed by atoms with van der Waals surface area (Å²) in [5.74, 6) is -0.295. The van der Waals surface area contributed by atoms with Crippen LogP contribution in [-0.4, -0.2) is 43.7 Å². The number of hydrogen-bond acceptors (Lipinski definition) is 4. The first-order valence-electron chi connectivity index (χ1n) is 5.24. The van der Waals surface area contributed by atoms with Gasteiger partial charge in [0.15, 0.2) is 0 Å². The molecule has 0 aliphatic rings. The number of sulfonamides is 1. The van der Waals surface area contributed by atoms with Crippen molar-refractivity contribution >= 4 is 22.1 Å². The molecule has 4 amide bonds. The van der Waals surface area contributed by atoms with Gasteiger partial charge in [-0.1, -0.05) is 0 Å². The van der Waals surface area contributed by atoms with Crippen LogP contribution in [0.5, 0.6) is 0 Å². The fraction of sp³-hybridized carbons (Fsp3) is 0.750. The van der Waals surface area contributed by atoms with Gasteiger partial charge in [-0.05, 0) is 20.8 Å². The molecule has 0 radical (unpaired) electrons. The zero-order valence-corrected chi connectivity index (χ0v) is 10.9. The Morgan fingerprint density at radius 1 is 1.06 bits per heavy atom.